The normalized spacial score (nSPS) is 11.9. The molecular formula is C36H31N3O2S. The van der Waals surface area contributed by atoms with Crippen LogP contribution >= 0.6 is 11.8 Å². The number of carbonyl (C=O) groups excluding carboxylic acids is 2. The Hall–Kier alpha value is -4.81. The van der Waals surface area contributed by atoms with Gasteiger partial charge in [-0.3, -0.25) is 9.59 Å². The molecule has 5 aromatic carbocycles. The van der Waals surface area contributed by atoms with Crippen LogP contribution in [0.5, 0.6) is 0 Å². The average Bonchev–Trinajstić information content (AvgIpc) is 3.34. The number of fused-ring (bicyclic) bond motifs is 3. The number of rotatable bonds is 8. The summed E-state index contributed by atoms with van der Waals surface area (Å²) in [5, 5.41) is 7.96. The van der Waals surface area contributed by atoms with Gasteiger partial charge in [-0.15, -0.1) is 11.8 Å². The minimum absolute atomic E-state index is 0.0958. The van der Waals surface area contributed by atoms with Gasteiger partial charge in [-0.2, -0.15) is 0 Å². The Labute approximate surface area is 249 Å². The predicted octanol–water partition coefficient (Wildman–Crippen LogP) is 8.85. The van der Waals surface area contributed by atoms with Gasteiger partial charge in [0.05, 0.1) is 0 Å². The number of aromatic nitrogens is 1. The molecule has 6 aromatic rings. The fraction of sp³-hybridized carbons (Fsp3) is 0.111. The maximum Gasteiger partial charge on any atom is 0.255 e. The van der Waals surface area contributed by atoms with E-state index in [1.165, 1.54) is 22.7 Å². The zero-order chi connectivity index (χ0) is 29.1. The van der Waals surface area contributed by atoms with Gasteiger partial charge in [0, 0.05) is 50.2 Å². The van der Waals surface area contributed by atoms with E-state index in [9.17, 15) is 9.59 Å². The first-order chi connectivity index (χ1) is 20.5. The number of amides is 2. The highest BCUT2D eigenvalue weighted by Gasteiger charge is 2.23. The molecule has 1 aromatic heterocycles. The van der Waals surface area contributed by atoms with E-state index in [2.05, 4.69) is 52.5 Å². The molecular weight excluding hydrogens is 538 g/mol. The van der Waals surface area contributed by atoms with E-state index in [4.69, 9.17) is 0 Å². The Kier molecular flexibility index (Phi) is 7.80. The van der Waals surface area contributed by atoms with Crippen LogP contribution in [-0.4, -0.2) is 16.4 Å². The van der Waals surface area contributed by atoms with Crippen molar-refractivity contribution in [2.24, 2.45) is 0 Å². The number of nitrogens with zero attached hydrogens (tertiary/aromatic N) is 1. The second-order valence-corrected chi connectivity index (χ2v) is 11.4. The van der Waals surface area contributed by atoms with Crippen LogP contribution in [0.4, 0.5) is 11.4 Å². The molecule has 0 saturated heterocycles. The van der Waals surface area contributed by atoms with Gasteiger partial charge in [0.25, 0.3) is 5.91 Å². The van der Waals surface area contributed by atoms with Crippen LogP contribution in [0.15, 0.2) is 126 Å². The van der Waals surface area contributed by atoms with Crippen molar-refractivity contribution in [3.63, 3.8) is 0 Å². The standard InChI is InChI=1S/C36H31N3O2S/c1-3-39-32-12-8-7-11-30(32)31-23-28(19-22-33(31)39)38-36(41)34(25-9-5-4-6-10-25)42-29-20-17-27(18-21-29)37-35(40)26-15-13-24(2)14-16-26/h4-23,34H,3H2,1-2H3,(H,37,40)(H,38,41). The minimum Gasteiger partial charge on any atom is -0.341 e. The lowest BCUT2D eigenvalue weighted by Gasteiger charge is -2.18. The molecule has 0 spiro atoms. The Bertz CT molecular complexity index is 1880. The molecule has 6 heteroatoms. The van der Waals surface area contributed by atoms with Gasteiger partial charge in [0.2, 0.25) is 5.91 Å². The monoisotopic (exact) mass is 569 g/mol. The fourth-order valence-corrected chi connectivity index (χ4v) is 6.27. The lowest BCUT2D eigenvalue weighted by molar-refractivity contribution is -0.115. The van der Waals surface area contributed by atoms with Gasteiger partial charge in [0.15, 0.2) is 0 Å². The van der Waals surface area contributed by atoms with E-state index >= 15 is 0 Å². The molecule has 0 aliphatic rings. The van der Waals surface area contributed by atoms with E-state index in [0.717, 1.165) is 39.2 Å². The summed E-state index contributed by atoms with van der Waals surface area (Å²) in [6.45, 7) is 5.01. The zero-order valence-electron chi connectivity index (χ0n) is 23.5. The van der Waals surface area contributed by atoms with Gasteiger partial charge in [-0.1, -0.05) is 66.2 Å². The van der Waals surface area contributed by atoms with Gasteiger partial charge in [-0.25, -0.2) is 0 Å². The van der Waals surface area contributed by atoms with Crippen LogP contribution in [0.2, 0.25) is 0 Å². The number of para-hydroxylation sites is 1. The third-order valence-corrected chi connectivity index (χ3v) is 8.64. The molecule has 208 valence electrons. The number of hydrogen-bond donors (Lipinski definition) is 2. The minimum atomic E-state index is -0.466. The first-order valence-electron chi connectivity index (χ1n) is 14.0. The second kappa shape index (κ2) is 12.0. The molecule has 0 bridgehead atoms. The van der Waals surface area contributed by atoms with Crippen molar-refractivity contribution in [2.45, 2.75) is 30.5 Å². The molecule has 1 heterocycles. The number of nitrogens with one attached hydrogen (secondary N) is 2. The predicted molar refractivity (Wildman–Crippen MR) is 174 cm³/mol. The molecule has 2 N–H and O–H groups in total. The Morgan fingerprint density at radius 2 is 1.38 bits per heavy atom. The maximum absolute atomic E-state index is 13.8. The van der Waals surface area contributed by atoms with Crippen LogP contribution < -0.4 is 10.6 Å². The Morgan fingerprint density at radius 1 is 0.714 bits per heavy atom. The van der Waals surface area contributed by atoms with Gasteiger partial charge in [0.1, 0.15) is 5.25 Å². The summed E-state index contributed by atoms with van der Waals surface area (Å²) in [4.78, 5) is 27.3. The van der Waals surface area contributed by atoms with Gasteiger partial charge >= 0.3 is 0 Å². The van der Waals surface area contributed by atoms with Crippen molar-refractivity contribution in [1.29, 1.82) is 0 Å². The summed E-state index contributed by atoms with van der Waals surface area (Å²) in [5.41, 5.74) is 6.44. The quantitative estimate of drug-likeness (QED) is 0.180. The summed E-state index contributed by atoms with van der Waals surface area (Å²) in [5.74, 6) is -0.252. The summed E-state index contributed by atoms with van der Waals surface area (Å²) < 4.78 is 2.30. The van der Waals surface area contributed by atoms with Crippen LogP contribution in [0.25, 0.3) is 21.8 Å². The Morgan fingerprint density at radius 3 is 2.12 bits per heavy atom. The molecule has 5 nitrogen and oxygen atoms in total. The lowest BCUT2D eigenvalue weighted by atomic mass is 10.1. The molecule has 0 fully saturated rings. The topological polar surface area (TPSA) is 63.1 Å². The number of benzene rings is 5. The number of anilines is 2. The summed E-state index contributed by atoms with van der Waals surface area (Å²) >= 11 is 1.48. The summed E-state index contributed by atoms with van der Waals surface area (Å²) in [7, 11) is 0. The Balaban J connectivity index is 1.22. The fourth-order valence-electron chi connectivity index (χ4n) is 5.24. The van der Waals surface area contributed by atoms with E-state index < -0.39 is 5.25 Å². The highest BCUT2D eigenvalue weighted by atomic mass is 32.2. The van der Waals surface area contributed by atoms with E-state index in [1.807, 2.05) is 97.9 Å². The molecule has 1 unspecified atom stereocenters. The molecule has 0 aliphatic carbocycles. The number of thioether (sulfide) groups is 1. The zero-order valence-corrected chi connectivity index (χ0v) is 24.3. The van der Waals surface area contributed by atoms with Crippen LogP contribution in [0.1, 0.15) is 33.7 Å². The smallest absolute Gasteiger partial charge is 0.255 e. The number of aryl methyl sites for hydroxylation is 2. The number of carbonyl (C=O) groups is 2. The third-order valence-electron chi connectivity index (χ3n) is 7.38. The first-order valence-corrected chi connectivity index (χ1v) is 14.9. The molecule has 0 aliphatic heterocycles. The summed E-state index contributed by atoms with van der Waals surface area (Å²) in [6, 6.07) is 39.4. The second-order valence-electron chi connectivity index (χ2n) is 10.2. The largest absolute Gasteiger partial charge is 0.341 e. The van der Waals surface area contributed by atoms with Crippen LogP contribution in [-0.2, 0) is 11.3 Å². The van der Waals surface area contributed by atoms with Crippen LogP contribution in [0.3, 0.4) is 0 Å². The summed E-state index contributed by atoms with van der Waals surface area (Å²) in [6.07, 6.45) is 0. The van der Waals surface area contributed by atoms with E-state index in [1.54, 1.807) is 0 Å². The number of hydrogen-bond acceptors (Lipinski definition) is 3. The average molecular weight is 570 g/mol. The lowest BCUT2D eigenvalue weighted by Crippen LogP contribution is -2.19. The molecule has 6 rings (SSSR count). The highest BCUT2D eigenvalue weighted by molar-refractivity contribution is 8.00. The van der Waals surface area contributed by atoms with Crippen molar-refractivity contribution in [2.75, 3.05) is 10.6 Å². The van der Waals surface area contributed by atoms with Gasteiger partial charge < -0.3 is 15.2 Å². The molecule has 1 atom stereocenters. The van der Waals surface area contributed by atoms with Crippen molar-refractivity contribution in [3.05, 3.63) is 138 Å². The van der Waals surface area contributed by atoms with Crippen molar-refractivity contribution in [3.8, 4) is 0 Å². The maximum atomic E-state index is 13.8. The molecule has 2 amide bonds. The highest BCUT2D eigenvalue weighted by Crippen LogP contribution is 2.37. The van der Waals surface area contributed by atoms with Crippen molar-refractivity contribution in [1.82, 2.24) is 4.57 Å². The first kappa shape index (κ1) is 27.4. The molecule has 0 saturated carbocycles. The SMILES string of the molecule is CCn1c2ccccc2c2cc(NC(=O)C(Sc3ccc(NC(=O)c4ccc(C)cc4)cc3)c3ccccc3)ccc21. The van der Waals surface area contributed by atoms with Crippen molar-refractivity contribution >= 4 is 56.8 Å². The third kappa shape index (κ3) is 5.67. The molecule has 0 radical (unpaired) electrons. The van der Waals surface area contributed by atoms with E-state index in [-0.39, 0.29) is 11.8 Å². The molecule has 42 heavy (non-hydrogen) atoms. The van der Waals surface area contributed by atoms with Crippen LogP contribution in [0, 0.1) is 6.92 Å². The van der Waals surface area contributed by atoms with Gasteiger partial charge in [-0.05, 0) is 80.1 Å². The van der Waals surface area contributed by atoms with E-state index in [0.29, 0.717) is 11.3 Å². The van der Waals surface area contributed by atoms with Crippen molar-refractivity contribution < 1.29 is 9.59 Å².